The van der Waals surface area contributed by atoms with Crippen molar-refractivity contribution in [3.63, 3.8) is 0 Å². The van der Waals surface area contributed by atoms with Crippen LogP contribution in [0, 0.1) is 0 Å². The third-order valence-corrected chi connectivity index (χ3v) is 12.3. The number of hydrogen-bond acceptors (Lipinski definition) is 2. The molecule has 59 heavy (non-hydrogen) atoms. The molecule has 0 spiro atoms. The third kappa shape index (κ3) is 5.30. The molecule has 1 aliphatic carbocycles. The zero-order valence-corrected chi connectivity index (χ0v) is 32.5. The lowest BCUT2D eigenvalue weighted by Gasteiger charge is -2.24. The average Bonchev–Trinajstić information content (AvgIpc) is 3.81. The van der Waals surface area contributed by atoms with E-state index in [1.54, 1.807) is 0 Å². The highest BCUT2D eigenvalue weighted by Crippen LogP contribution is 2.45. The molecule has 0 radical (unpaired) electrons. The first-order valence-corrected chi connectivity index (χ1v) is 20.5. The number of benzene rings is 8. The summed E-state index contributed by atoms with van der Waals surface area (Å²) in [6, 6.07) is 65.4. The first-order valence-electron chi connectivity index (χ1n) is 20.5. The summed E-state index contributed by atoms with van der Waals surface area (Å²) in [6.07, 6.45) is 5.74. The quantitative estimate of drug-likeness (QED) is 0.175. The van der Waals surface area contributed by atoms with Crippen LogP contribution in [0.1, 0.15) is 30.4 Å². The van der Waals surface area contributed by atoms with E-state index in [9.17, 15) is 0 Å². The van der Waals surface area contributed by atoms with Gasteiger partial charge in [0, 0.05) is 38.4 Å². The van der Waals surface area contributed by atoms with Gasteiger partial charge in [-0.15, -0.1) is 0 Å². The molecule has 11 aromatic rings. The third-order valence-electron chi connectivity index (χ3n) is 12.3. The fourth-order valence-electron chi connectivity index (χ4n) is 9.62. The predicted molar refractivity (Wildman–Crippen MR) is 247 cm³/mol. The first kappa shape index (κ1) is 33.6. The van der Waals surface area contributed by atoms with Gasteiger partial charge in [-0.2, -0.15) is 0 Å². The molecule has 4 heteroatoms. The Morgan fingerprint density at radius 1 is 0.458 bits per heavy atom. The summed E-state index contributed by atoms with van der Waals surface area (Å²) >= 11 is 0. The molecule has 1 unspecified atom stereocenters. The van der Waals surface area contributed by atoms with Crippen molar-refractivity contribution in [2.45, 2.75) is 19.3 Å². The van der Waals surface area contributed by atoms with Crippen LogP contribution in [0.2, 0.25) is 0 Å². The summed E-state index contributed by atoms with van der Waals surface area (Å²) in [5.74, 6) is 1.04. The predicted octanol–water partition coefficient (Wildman–Crippen LogP) is 14.3. The summed E-state index contributed by atoms with van der Waals surface area (Å²) < 4.78 is 4.66. The highest BCUT2D eigenvalue weighted by atomic mass is 15.2. The van der Waals surface area contributed by atoms with Gasteiger partial charge in [-0.3, -0.25) is 4.57 Å². The van der Waals surface area contributed by atoms with Crippen LogP contribution in [-0.4, -0.2) is 19.1 Å². The maximum absolute atomic E-state index is 5.26. The van der Waals surface area contributed by atoms with E-state index in [0.29, 0.717) is 11.9 Å². The van der Waals surface area contributed by atoms with E-state index in [1.807, 2.05) is 12.1 Å². The Bertz CT molecular complexity index is 3410. The molecule has 8 aromatic carbocycles. The van der Waals surface area contributed by atoms with Crippen molar-refractivity contribution in [1.29, 1.82) is 0 Å². The minimum atomic E-state index is 0.385. The van der Waals surface area contributed by atoms with Crippen molar-refractivity contribution in [2.24, 2.45) is 0 Å². The van der Waals surface area contributed by atoms with Gasteiger partial charge < -0.3 is 4.57 Å². The number of nitrogens with zero attached hydrogens (tertiary/aromatic N) is 4. The molecule has 1 aliphatic rings. The van der Waals surface area contributed by atoms with Crippen LogP contribution < -0.4 is 0 Å². The molecule has 0 N–H and O–H groups in total. The van der Waals surface area contributed by atoms with Crippen molar-refractivity contribution >= 4 is 60.5 Å². The van der Waals surface area contributed by atoms with Gasteiger partial charge in [-0.1, -0.05) is 140 Å². The second kappa shape index (κ2) is 13.3. The second-order valence-electron chi connectivity index (χ2n) is 15.8. The van der Waals surface area contributed by atoms with E-state index in [0.717, 1.165) is 40.0 Å². The molecule has 1 atom stereocenters. The number of rotatable bonds is 5. The Labute approximate surface area is 342 Å². The summed E-state index contributed by atoms with van der Waals surface area (Å²) in [7, 11) is 0. The molecular weight excluding hydrogens is 717 g/mol. The molecule has 12 rings (SSSR count). The highest BCUT2D eigenvalue weighted by Gasteiger charge is 2.24. The van der Waals surface area contributed by atoms with E-state index in [4.69, 9.17) is 9.97 Å². The van der Waals surface area contributed by atoms with Crippen molar-refractivity contribution in [1.82, 2.24) is 19.1 Å². The van der Waals surface area contributed by atoms with Crippen LogP contribution in [0.3, 0.4) is 0 Å². The van der Waals surface area contributed by atoms with Crippen molar-refractivity contribution in [2.75, 3.05) is 0 Å². The van der Waals surface area contributed by atoms with Crippen LogP contribution in [0.25, 0.3) is 106 Å². The second-order valence-corrected chi connectivity index (χ2v) is 15.8. The van der Waals surface area contributed by atoms with Gasteiger partial charge in [0.05, 0.1) is 33.5 Å². The van der Waals surface area contributed by atoms with Gasteiger partial charge in [0.25, 0.3) is 0 Å². The molecule has 4 nitrogen and oxygen atoms in total. The molecule has 3 heterocycles. The number of allylic oxidation sites excluding steroid dienone is 1. The van der Waals surface area contributed by atoms with Crippen molar-refractivity contribution in [3.8, 4) is 45.3 Å². The van der Waals surface area contributed by atoms with E-state index < -0.39 is 0 Å². The minimum Gasteiger partial charge on any atom is -0.309 e. The largest absolute Gasteiger partial charge is 0.309 e. The Hall–Kier alpha value is -7.56. The number of hydrogen-bond donors (Lipinski definition) is 0. The topological polar surface area (TPSA) is 35.6 Å². The number of fused-ring (bicyclic) bond motifs is 9. The standard InChI is InChI=1S/C55H38N4/c1-35-16-15-25-43-44(31-39-32-53-47(33-45(39)54(35)43)42-24-11-13-26-50(42)58(53)40-21-9-4-10-22-40)38-28-29-52-46(30-38)41-23-12-14-27-51(41)59(52)55-56-48(36-17-5-2-6-18-36)34-49(57-55)37-19-7-3-8-20-37/h2-15,17-35H,16H2,1H3. The lowest BCUT2D eigenvalue weighted by molar-refractivity contribution is 0.780. The molecule has 0 bridgehead atoms. The smallest absolute Gasteiger partial charge is 0.235 e. The Morgan fingerprint density at radius 2 is 1.03 bits per heavy atom. The SMILES string of the molecule is CC1CC=Cc2c(-c3ccc4c(c3)c3ccccc3n4-c3nc(-c4ccccc4)cc(-c4ccccc4)n3)cc3cc4c(cc3c21)c1ccccc1n4-c1ccccc1. The minimum absolute atomic E-state index is 0.385. The zero-order chi connectivity index (χ0) is 39.0. The molecule has 0 saturated carbocycles. The summed E-state index contributed by atoms with van der Waals surface area (Å²) in [5, 5.41) is 7.52. The Balaban J connectivity index is 1.10. The maximum Gasteiger partial charge on any atom is 0.235 e. The van der Waals surface area contributed by atoms with E-state index >= 15 is 0 Å². The van der Waals surface area contributed by atoms with E-state index in [1.165, 1.54) is 71.3 Å². The Kier molecular flexibility index (Phi) is 7.54. The fraction of sp³-hybridized carbons (Fsp3) is 0.0545. The van der Waals surface area contributed by atoms with Crippen LogP contribution in [0.5, 0.6) is 0 Å². The summed E-state index contributed by atoms with van der Waals surface area (Å²) in [6.45, 7) is 2.38. The lowest BCUT2D eigenvalue weighted by Crippen LogP contribution is -2.04. The first-order chi connectivity index (χ1) is 29.2. The van der Waals surface area contributed by atoms with Gasteiger partial charge in [-0.05, 0) is 106 Å². The monoisotopic (exact) mass is 754 g/mol. The average molecular weight is 755 g/mol. The Morgan fingerprint density at radius 3 is 1.71 bits per heavy atom. The van der Waals surface area contributed by atoms with Crippen LogP contribution in [0.4, 0.5) is 0 Å². The molecule has 3 aromatic heterocycles. The molecule has 0 amide bonds. The summed E-state index contributed by atoms with van der Waals surface area (Å²) in [4.78, 5) is 10.5. The van der Waals surface area contributed by atoms with Gasteiger partial charge >= 0.3 is 0 Å². The van der Waals surface area contributed by atoms with E-state index in [2.05, 4.69) is 198 Å². The van der Waals surface area contributed by atoms with E-state index in [-0.39, 0.29) is 0 Å². The molecule has 0 aliphatic heterocycles. The van der Waals surface area contributed by atoms with Gasteiger partial charge in [0.15, 0.2) is 0 Å². The van der Waals surface area contributed by atoms with Crippen molar-refractivity contribution < 1.29 is 0 Å². The zero-order valence-electron chi connectivity index (χ0n) is 32.5. The van der Waals surface area contributed by atoms with Crippen LogP contribution >= 0.6 is 0 Å². The molecule has 278 valence electrons. The number of para-hydroxylation sites is 3. The molecule has 0 saturated heterocycles. The normalized spacial score (nSPS) is 13.9. The maximum atomic E-state index is 5.26. The van der Waals surface area contributed by atoms with Gasteiger partial charge in [0.2, 0.25) is 5.95 Å². The molecular formula is C55H38N4. The van der Waals surface area contributed by atoms with Crippen LogP contribution in [-0.2, 0) is 0 Å². The summed E-state index contributed by atoms with van der Waals surface area (Å²) in [5.41, 5.74) is 14.9. The number of aromatic nitrogens is 4. The van der Waals surface area contributed by atoms with Gasteiger partial charge in [0.1, 0.15) is 0 Å². The highest BCUT2D eigenvalue weighted by molar-refractivity contribution is 6.16. The lowest BCUT2D eigenvalue weighted by atomic mass is 9.80. The molecule has 0 fully saturated rings. The van der Waals surface area contributed by atoms with Gasteiger partial charge in [-0.25, -0.2) is 9.97 Å². The van der Waals surface area contributed by atoms with Crippen molar-refractivity contribution in [3.05, 3.63) is 199 Å². The van der Waals surface area contributed by atoms with Crippen LogP contribution in [0.15, 0.2) is 188 Å². The fourth-order valence-corrected chi connectivity index (χ4v) is 9.62.